The molecule has 22 heavy (non-hydrogen) atoms. The van der Waals surface area contributed by atoms with Crippen molar-refractivity contribution < 1.29 is 14.3 Å². The molecule has 0 aliphatic carbocycles. The third-order valence-corrected chi connectivity index (χ3v) is 3.87. The second-order valence-corrected chi connectivity index (χ2v) is 5.20. The lowest BCUT2D eigenvalue weighted by atomic mass is 9.95. The molecular formula is C16H17ClN2O3. The maximum Gasteiger partial charge on any atom is 0.337 e. The van der Waals surface area contributed by atoms with Crippen molar-refractivity contribution in [2.45, 2.75) is 13.0 Å². The molecule has 5 nitrogen and oxygen atoms in total. The topological polar surface area (TPSA) is 58.6 Å². The number of ether oxygens (including phenoxy) is 1. The van der Waals surface area contributed by atoms with Gasteiger partial charge in [0.15, 0.2) is 0 Å². The summed E-state index contributed by atoms with van der Waals surface area (Å²) in [5, 5.41) is 3.27. The average molecular weight is 321 g/mol. The molecule has 0 fully saturated rings. The van der Waals surface area contributed by atoms with Crippen LogP contribution in [0.2, 0.25) is 5.02 Å². The Bertz CT molecular complexity index is 655. The highest BCUT2D eigenvalue weighted by molar-refractivity contribution is 6.31. The molecule has 1 aromatic carbocycles. The number of urea groups is 1. The first-order valence-corrected chi connectivity index (χ1v) is 7.11. The largest absolute Gasteiger partial charge is 0.466 e. The second-order valence-electron chi connectivity index (χ2n) is 4.79. The molecule has 2 rings (SSSR count). The van der Waals surface area contributed by atoms with Gasteiger partial charge in [-0.3, -0.25) is 4.90 Å². The van der Waals surface area contributed by atoms with Crippen molar-refractivity contribution >= 4 is 23.6 Å². The molecule has 1 aliphatic heterocycles. The lowest BCUT2D eigenvalue weighted by molar-refractivity contribution is -0.136. The van der Waals surface area contributed by atoms with E-state index < -0.39 is 12.0 Å². The fraction of sp³-hybridized carbons (Fsp3) is 0.250. The predicted molar refractivity (Wildman–Crippen MR) is 84.3 cm³/mol. The summed E-state index contributed by atoms with van der Waals surface area (Å²) in [4.78, 5) is 25.9. The number of methoxy groups -OCH3 is 1. The van der Waals surface area contributed by atoms with Gasteiger partial charge in [-0.15, -0.1) is 6.58 Å². The van der Waals surface area contributed by atoms with Crippen LogP contribution in [-0.2, 0) is 9.53 Å². The van der Waals surface area contributed by atoms with Crippen LogP contribution in [0.25, 0.3) is 0 Å². The fourth-order valence-corrected chi connectivity index (χ4v) is 2.69. The third kappa shape index (κ3) is 2.85. The highest BCUT2D eigenvalue weighted by Gasteiger charge is 2.36. The second kappa shape index (κ2) is 6.66. The Hall–Kier alpha value is -2.27. The van der Waals surface area contributed by atoms with E-state index in [1.807, 2.05) is 0 Å². The molecule has 1 heterocycles. The average Bonchev–Trinajstić information content (AvgIpc) is 2.50. The molecule has 0 unspecified atom stereocenters. The molecule has 6 heteroatoms. The Labute approximate surface area is 134 Å². The minimum atomic E-state index is -0.644. The Morgan fingerprint density at radius 1 is 1.50 bits per heavy atom. The van der Waals surface area contributed by atoms with E-state index in [-0.39, 0.29) is 6.03 Å². The van der Waals surface area contributed by atoms with Crippen molar-refractivity contribution in [1.29, 1.82) is 0 Å². The smallest absolute Gasteiger partial charge is 0.337 e. The first-order chi connectivity index (χ1) is 10.5. The summed E-state index contributed by atoms with van der Waals surface area (Å²) in [6.45, 7) is 5.63. The molecule has 0 aromatic heterocycles. The van der Waals surface area contributed by atoms with Crippen molar-refractivity contribution in [3.63, 3.8) is 0 Å². The van der Waals surface area contributed by atoms with Gasteiger partial charge in [0.05, 0.1) is 18.7 Å². The summed E-state index contributed by atoms with van der Waals surface area (Å²) in [7, 11) is 1.31. The van der Waals surface area contributed by atoms with E-state index in [1.54, 1.807) is 37.3 Å². The Morgan fingerprint density at radius 2 is 2.18 bits per heavy atom. The molecule has 116 valence electrons. The zero-order valence-corrected chi connectivity index (χ0v) is 13.2. The first kappa shape index (κ1) is 16.1. The molecular weight excluding hydrogens is 304 g/mol. The van der Waals surface area contributed by atoms with Crippen molar-refractivity contribution in [1.82, 2.24) is 10.2 Å². The number of carbonyl (C=O) groups is 2. The maximum atomic E-state index is 12.3. The van der Waals surface area contributed by atoms with Gasteiger partial charge < -0.3 is 10.1 Å². The number of benzene rings is 1. The summed E-state index contributed by atoms with van der Waals surface area (Å²) in [5.74, 6) is -0.503. The van der Waals surface area contributed by atoms with Gasteiger partial charge in [0, 0.05) is 17.3 Å². The molecule has 0 bridgehead atoms. The number of esters is 1. The highest BCUT2D eigenvalue weighted by atomic mass is 35.5. The number of amides is 2. The molecule has 2 amide bonds. The van der Waals surface area contributed by atoms with Crippen LogP contribution in [0.4, 0.5) is 4.79 Å². The number of halogens is 1. The van der Waals surface area contributed by atoms with Gasteiger partial charge in [-0.1, -0.05) is 35.9 Å². The van der Waals surface area contributed by atoms with Crippen LogP contribution < -0.4 is 5.32 Å². The lowest BCUT2D eigenvalue weighted by Gasteiger charge is -2.35. The molecule has 0 radical (unpaired) electrons. The van der Waals surface area contributed by atoms with Crippen LogP contribution in [0.5, 0.6) is 0 Å². The van der Waals surface area contributed by atoms with E-state index in [9.17, 15) is 9.59 Å². The van der Waals surface area contributed by atoms with Crippen LogP contribution >= 0.6 is 11.6 Å². The minimum absolute atomic E-state index is 0.299. The minimum Gasteiger partial charge on any atom is -0.466 e. The molecule has 1 aromatic rings. The zero-order valence-electron chi connectivity index (χ0n) is 12.4. The van der Waals surface area contributed by atoms with Crippen molar-refractivity contribution in [2.75, 3.05) is 13.7 Å². The molecule has 0 saturated heterocycles. The van der Waals surface area contributed by atoms with E-state index in [0.717, 1.165) is 0 Å². The van der Waals surface area contributed by atoms with E-state index in [2.05, 4.69) is 11.9 Å². The molecule has 1 atom stereocenters. The predicted octanol–water partition coefficient (Wildman–Crippen LogP) is 3.04. The molecule has 1 N–H and O–H groups in total. The maximum absolute atomic E-state index is 12.3. The first-order valence-electron chi connectivity index (χ1n) is 6.73. The van der Waals surface area contributed by atoms with Crippen LogP contribution in [-0.4, -0.2) is 30.6 Å². The third-order valence-electron chi connectivity index (χ3n) is 3.53. The standard InChI is InChI=1S/C16H17ClN2O3/c1-4-9-19-10(2)13(15(20)22-3)14(18-16(19)21)11-7-5-6-8-12(11)17/h4-8,14H,1,9H2,2-3H3,(H,18,21)/t14-/m1/s1. The number of nitrogens with one attached hydrogen (secondary N) is 1. The SMILES string of the molecule is C=CCN1C(=O)N[C@H](c2ccccc2Cl)C(C(=O)OC)=C1C. The number of hydrogen-bond donors (Lipinski definition) is 1. The Balaban J connectivity index is 2.58. The molecule has 1 aliphatic rings. The van der Waals surface area contributed by atoms with Crippen molar-refractivity contribution in [2.24, 2.45) is 0 Å². The van der Waals surface area contributed by atoms with Gasteiger partial charge in [-0.25, -0.2) is 9.59 Å². The molecule has 0 spiro atoms. The highest BCUT2D eigenvalue weighted by Crippen LogP contribution is 2.34. The summed E-state index contributed by atoms with van der Waals surface area (Å²) < 4.78 is 4.87. The van der Waals surface area contributed by atoms with Gasteiger partial charge in [0.25, 0.3) is 0 Å². The van der Waals surface area contributed by atoms with Gasteiger partial charge >= 0.3 is 12.0 Å². The van der Waals surface area contributed by atoms with E-state index in [1.165, 1.54) is 12.0 Å². The van der Waals surface area contributed by atoms with Crippen LogP contribution in [0.3, 0.4) is 0 Å². The molecule has 0 saturated carbocycles. The Kier molecular flexibility index (Phi) is 4.88. The summed E-state index contributed by atoms with van der Waals surface area (Å²) in [6.07, 6.45) is 1.59. The summed E-state index contributed by atoms with van der Waals surface area (Å²) in [6, 6.07) is 6.11. The number of hydrogen-bond acceptors (Lipinski definition) is 3. The van der Waals surface area contributed by atoms with E-state index in [4.69, 9.17) is 16.3 Å². The van der Waals surface area contributed by atoms with E-state index in [0.29, 0.717) is 28.4 Å². The van der Waals surface area contributed by atoms with Crippen molar-refractivity contribution in [3.05, 3.63) is 58.8 Å². The van der Waals surface area contributed by atoms with Gasteiger partial charge in [0.1, 0.15) is 0 Å². The Morgan fingerprint density at radius 3 is 2.77 bits per heavy atom. The van der Waals surface area contributed by atoms with Crippen molar-refractivity contribution in [3.8, 4) is 0 Å². The quantitative estimate of drug-likeness (QED) is 0.685. The zero-order chi connectivity index (χ0) is 16.3. The lowest BCUT2D eigenvalue weighted by Crippen LogP contribution is -2.48. The monoisotopic (exact) mass is 320 g/mol. The number of nitrogens with zero attached hydrogens (tertiary/aromatic N) is 1. The van der Waals surface area contributed by atoms with Gasteiger partial charge in [-0.2, -0.15) is 0 Å². The summed E-state index contributed by atoms with van der Waals surface area (Å²) >= 11 is 6.21. The number of rotatable bonds is 4. The van der Waals surface area contributed by atoms with Gasteiger partial charge in [0.2, 0.25) is 0 Å². The van der Waals surface area contributed by atoms with Crippen LogP contribution in [0, 0.1) is 0 Å². The van der Waals surface area contributed by atoms with Crippen LogP contribution in [0.15, 0.2) is 48.2 Å². The van der Waals surface area contributed by atoms with Gasteiger partial charge in [-0.05, 0) is 18.6 Å². The summed E-state index contributed by atoms with van der Waals surface area (Å²) in [5.41, 5.74) is 1.54. The normalized spacial score (nSPS) is 18.0. The fourth-order valence-electron chi connectivity index (χ4n) is 2.45. The number of allylic oxidation sites excluding steroid dienone is 1. The van der Waals surface area contributed by atoms with Crippen LogP contribution in [0.1, 0.15) is 18.5 Å². The van der Waals surface area contributed by atoms with E-state index >= 15 is 0 Å². The number of carbonyl (C=O) groups excluding carboxylic acids is 2.